The molecule has 1 fully saturated rings. The Bertz CT molecular complexity index is 1350. The third kappa shape index (κ3) is 2.46. The summed E-state index contributed by atoms with van der Waals surface area (Å²) < 4.78 is 6.90. The summed E-state index contributed by atoms with van der Waals surface area (Å²) in [6.07, 6.45) is 5.86. The third-order valence-corrected chi connectivity index (χ3v) is 6.36. The van der Waals surface area contributed by atoms with E-state index in [1.54, 1.807) is 7.05 Å². The van der Waals surface area contributed by atoms with Crippen LogP contribution in [-0.2, 0) is 14.1 Å². The number of nitrogens with zero attached hydrogens (tertiary/aromatic N) is 5. The molecular weight excluding hydrogens is 366 g/mol. The van der Waals surface area contributed by atoms with Gasteiger partial charge < -0.3 is 4.57 Å². The van der Waals surface area contributed by atoms with Gasteiger partial charge in [0.05, 0.1) is 5.69 Å². The molecule has 4 aromatic rings. The van der Waals surface area contributed by atoms with Gasteiger partial charge in [0.2, 0.25) is 5.78 Å². The fourth-order valence-electron chi connectivity index (χ4n) is 4.87. The second-order valence-electron chi connectivity index (χ2n) is 8.09. The zero-order valence-corrected chi connectivity index (χ0v) is 17.1. The smallest absolute Gasteiger partial charge is 0.306 e. The highest BCUT2D eigenvalue weighted by Crippen LogP contribution is 2.37. The molecule has 0 atom stereocenters. The number of aryl methyl sites for hydroxylation is 2. The van der Waals surface area contributed by atoms with E-state index in [1.807, 2.05) is 29.5 Å². The Kier molecular flexibility index (Phi) is 4.01. The van der Waals surface area contributed by atoms with Gasteiger partial charge >= 0.3 is 5.69 Å². The van der Waals surface area contributed by atoms with Gasteiger partial charge in [-0.1, -0.05) is 49.6 Å². The molecule has 0 spiro atoms. The van der Waals surface area contributed by atoms with Gasteiger partial charge in [-0.25, -0.2) is 4.79 Å². The summed E-state index contributed by atoms with van der Waals surface area (Å²) >= 11 is 0. The van der Waals surface area contributed by atoms with Gasteiger partial charge in [-0.3, -0.25) is 18.3 Å². The highest BCUT2D eigenvalue weighted by atomic mass is 16.2. The molecule has 0 bridgehead atoms. The zero-order chi connectivity index (χ0) is 20.3. The lowest BCUT2D eigenvalue weighted by Crippen LogP contribution is -2.37. The van der Waals surface area contributed by atoms with Crippen LogP contribution in [0.1, 0.15) is 43.8 Å². The Balaban J connectivity index is 1.96. The molecule has 0 N–H and O–H groups in total. The molecule has 7 nitrogen and oxygen atoms in total. The molecule has 29 heavy (non-hydrogen) atoms. The van der Waals surface area contributed by atoms with Crippen molar-refractivity contribution in [3.05, 3.63) is 56.9 Å². The summed E-state index contributed by atoms with van der Waals surface area (Å²) in [4.78, 5) is 30.3. The molecule has 1 saturated carbocycles. The Morgan fingerprint density at radius 3 is 2.34 bits per heavy atom. The van der Waals surface area contributed by atoms with Crippen LogP contribution in [0.2, 0.25) is 0 Å². The van der Waals surface area contributed by atoms with E-state index in [2.05, 4.69) is 16.7 Å². The number of benzene rings is 1. The summed E-state index contributed by atoms with van der Waals surface area (Å²) in [7, 11) is 3.20. The molecule has 5 rings (SSSR count). The highest BCUT2D eigenvalue weighted by Gasteiger charge is 2.28. The molecule has 3 heterocycles. The first-order chi connectivity index (χ1) is 14.0. The lowest BCUT2D eigenvalue weighted by Gasteiger charge is -2.25. The first-order valence-electron chi connectivity index (χ1n) is 10.2. The van der Waals surface area contributed by atoms with E-state index in [0.717, 1.165) is 40.1 Å². The van der Waals surface area contributed by atoms with Crippen molar-refractivity contribution >= 4 is 16.9 Å². The minimum absolute atomic E-state index is 0.306. The minimum Gasteiger partial charge on any atom is -0.306 e. The van der Waals surface area contributed by atoms with Crippen LogP contribution in [0.25, 0.3) is 28.2 Å². The van der Waals surface area contributed by atoms with Crippen LogP contribution in [0.5, 0.6) is 0 Å². The van der Waals surface area contributed by atoms with E-state index < -0.39 is 0 Å². The van der Waals surface area contributed by atoms with Gasteiger partial charge in [0, 0.05) is 31.4 Å². The molecule has 1 aliphatic carbocycles. The fourth-order valence-corrected chi connectivity index (χ4v) is 4.87. The third-order valence-electron chi connectivity index (χ3n) is 6.36. The number of rotatable bonds is 2. The molecular formula is C22H25N5O2. The van der Waals surface area contributed by atoms with Gasteiger partial charge in [0.15, 0.2) is 11.2 Å². The number of hydrogen-bond acceptors (Lipinski definition) is 3. The van der Waals surface area contributed by atoms with Crippen molar-refractivity contribution in [3.8, 4) is 11.3 Å². The first-order valence-corrected chi connectivity index (χ1v) is 10.2. The average Bonchev–Trinajstić information content (AvgIpc) is 3.27. The van der Waals surface area contributed by atoms with Crippen LogP contribution >= 0.6 is 0 Å². The van der Waals surface area contributed by atoms with E-state index >= 15 is 0 Å². The van der Waals surface area contributed by atoms with E-state index in [9.17, 15) is 9.59 Å². The lowest BCUT2D eigenvalue weighted by atomic mass is 9.94. The van der Waals surface area contributed by atoms with Crippen LogP contribution in [0.4, 0.5) is 0 Å². The molecule has 1 aromatic carbocycles. The Labute approximate surface area is 167 Å². The monoisotopic (exact) mass is 391 g/mol. The van der Waals surface area contributed by atoms with Gasteiger partial charge in [-0.2, -0.15) is 4.98 Å². The van der Waals surface area contributed by atoms with Crippen molar-refractivity contribution in [2.24, 2.45) is 14.1 Å². The van der Waals surface area contributed by atoms with Crippen LogP contribution in [-0.4, -0.2) is 23.1 Å². The molecule has 0 aliphatic heterocycles. The molecule has 1 aliphatic rings. The van der Waals surface area contributed by atoms with Crippen molar-refractivity contribution < 1.29 is 0 Å². The van der Waals surface area contributed by atoms with Crippen molar-refractivity contribution in [3.63, 3.8) is 0 Å². The van der Waals surface area contributed by atoms with Crippen LogP contribution in [0.3, 0.4) is 0 Å². The largest absolute Gasteiger partial charge is 0.332 e. The Morgan fingerprint density at radius 1 is 0.966 bits per heavy atom. The van der Waals surface area contributed by atoms with Crippen LogP contribution in [0.15, 0.2) is 39.9 Å². The summed E-state index contributed by atoms with van der Waals surface area (Å²) in [5.74, 6) is 0.751. The number of fused-ring (bicyclic) bond motifs is 3. The minimum atomic E-state index is -0.353. The van der Waals surface area contributed by atoms with Gasteiger partial charge in [0.25, 0.3) is 5.56 Å². The SMILES string of the molecule is Cc1c(-c2ccccc2)n(C2CCCCC2)c2nc3c(c(=O)n(C)c(=O)n3C)n12. The number of imidazole rings is 2. The molecule has 150 valence electrons. The quantitative estimate of drug-likeness (QED) is 0.527. The van der Waals surface area contributed by atoms with E-state index in [0.29, 0.717) is 17.2 Å². The maximum atomic E-state index is 13.0. The average molecular weight is 391 g/mol. The second-order valence-corrected chi connectivity index (χ2v) is 8.09. The zero-order valence-electron chi connectivity index (χ0n) is 17.1. The Morgan fingerprint density at radius 2 is 1.66 bits per heavy atom. The van der Waals surface area contributed by atoms with Gasteiger partial charge in [0.1, 0.15) is 0 Å². The van der Waals surface area contributed by atoms with Crippen molar-refractivity contribution in [1.29, 1.82) is 0 Å². The highest BCUT2D eigenvalue weighted by molar-refractivity contribution is 5.80. The normalized spacial score (nSPS) is 15.6. The molecule has 0 amide bonds. The number of aromatic nitrogens is 5. The first kappa shape index (κ1) is 18.0. The lowest BCUT2D eigenvalue weighted by molar-refractivity contribution is 0.361. The fraction of sp³-hybridized carbons (Fsp3) is 0.409. The van der Waals surface area contributed by atoms with E-state index in [4.69, 9.17) is 4.98 Å². The summed E-state index contributed by atoms with van der Waals surface area (Å²) in [5.41, 5.74) is 3.46. The standard InChI is InChI=1S/C22H25N5O2/c1-14-17(15-10-6-4-7-11-15)27(16-12-8-5-9-13-16)21-23-19-18(26(14)21)20(28)25(3)22(29)24(19)2/h4,6-7,10-11,16H,5,8-9,12-13H2,1-3H3. The van der Waals surface area contributed by atoms with Crippen molar-refractivity contribution in [1.82, 2.24) is 23.1 Å². The van der Waals surface area contributed by atoms with Gasteiger partial charge in [-0.15, -0.1) is 0 Å². The second kappa shape index (κ2) is 6.47. The van der Waals surface area contributed by atoms with Crippen LogP contribution in [0, 0.1) is 6.92 Å². The predicted octanol–water partition coefficient (Wildman–Crippen LogP) is 3.17. The summed E-state index contributed by atoms with van der Waals surface area (Å²) in [6, 6.07) is 10.6. The van der Waals surface area contributed by atoms with Crippen molar-refractivity contribution in [2.75, 3.05) is 0 Å². The summed E-state index contributed by atoms with van der Waals surface area (Å²) in [6.45, 7) is 2.04. The predicted molar refractivity (Wildman–Crippen MR) is 113 cm³/mol. The maximum absolute atomic E-state index is 13.0. The molecule has 0 saturated heterocycles. The molecule has 0 radical (unpaired) electrons. The Hall–Kier alpha value is -3.09. The van der Waals surface area contributed by atoms with E-state index in [1.165, 1.54) is 30.9 Å². The van der Waals surface area contributed by atoms with E-state index in [-0.39, 0.29) is 11.2 Å². The van der Waals surface area contributed by atoms with Crippen molar-refractivity contribution in [2.45, 2.75) is 45.1 Å². The molecule has 7 heteroatoms. The molecule has 0 unspecified atom stereocenters. The maximum Gasteiger partial charge on any atom is 0.332 e. The molecule has 3 aromatic heterocycles. The van der Waals surface area contributed by atoms with Crippen LogP contribution < -0.4 is 11.2 Å². The van der Waals surface area contributed by atoms with Gasteiger partial charge in [-0.05, 0) is 19.8 Å². The number of hydrogen-bond donors (Lipinski definition) is 0. The summed E-state index contributed by atoms with van der Waals surface area (Å²) in [5, 5.41) is 0. The topological polar surface area (TPSA) is 66.2 Å².